The molecule has 0 radical (unpaired) electrons. The number of amides is 1. The molecule has 2 aromatic heterocycles. The van der Waals surface area contributed by atoms with E-state index in [9.17, 15) is 14.4 Å². The Labute approximate surface area is 171 Å². The van der Waals surface area contributed by atoms with E-state index in [1.807, 2.05) is 24.3 Å². The summed E-state index contributed by atoms with van der Waals surface area (Å²) in [6, 6.07) is 13.3. The fourth-order valence-corrected chi connectivity index (χ4v) is 3.68. The van der Waals surface area contributed by atoms with Crippen molar-refractivity contribution in [1.82, 2.24) is 19.9 Å². The minimum atomic E-state index is -1.04. The molecule has 4 rings (SSSR count). The van der Waals surface area contributed by atoms with Crippen LogP contribution in [0.25, 0.3) is 21.8 Å². The van der Waals surface area contributed by atoms with E-state index in [0.29, 0.717) is 17.3 Å². The lowest BCUT2D eigenvalue weighted by molar-refractivity contribution is -0.124. The first-order valence-corrected chi connectivity index (χ1v) is 9.77. The Hall–Kier alpha value is -3.65. The number of rotatable bonds is 7. The van der Waals surface area contributed by atoms with Gasteiger partial charge in [-0.05, 0) is 30.2 Å². The number of hydrogen-bond donors (Lipinski definition) is 4. The number of aromatic amines is 2. The number of aromatic nitrogens is 3. The second kappa shape index (κ2) is 8.38. The van der Waals surface area contributed by atoms with E-state index >= 15 is 0 Å². The van der Waals surface area contributed by atoms with Crippen molar-refractivity contribution in [2.45, 2.75) is 18.9 Å². The van der Waals surface area contributed by atoms with E-state index in [1.54, 1.807) is 30.5 Å². The Morgan fingerprint density at radius 2 is 1.73 bits per heavy atom. The molecule has 154 valence electrons. The molecular weight excluding hydrogens is 384 g/mol. The van der Waals surface area contributed by atoms with Gasteiger partial charge in [-0.15, -0.1) is 0 Å². The minimum Gasteiger partial charge on any atom is -0.396 e. The molecule has 8 nitrogen and oxygen atoms in total. The molecule has 0 saturated carbocycles. The molecule has 0 aliphatic carbocycles. The smallest absolute Gasteiger partial charge is 0.329 e. The van der Waals surface area contributed by atoms with Crippen LogP contribution in [0.5, 0.6) is 0 Å². The zero-order chi connectivity index (χ0) is 21.1. The van der Waals surface area contributed by atoms with Gasteiger partial charge in [0.15, 0.2) is 0 Å². The molecule has 1 unspecified atom stereocenters. The number of hydrogen-bond acceptors (Lipinski definition) is 4. The van der Waals surface area contributed by atoms with Crippen molar-refractivity contribution in [3.8, 4) is 0 Å². The number of fused-ring (bicyclic) bond motifs is 2. The van der Waals surface area contributed by atoms with Crippen LogP contribution >= 0.6 is 0 Å². The Kier molecular flexibility index (Phi) is 5.49. The maximum absolute atomic E-state index is 13.1. The molecule has 1 amide bonds. The van der Waals surface area contributed by atoms with Gasteiger partial charge in [-0.1, -0.05) is 30.3 Å². The summed E-state index contributed by atoms with van der Waals surface area (Å²) in [5, 5.41) is 13.0. The van der Waals surface area contributed by atoms with E-state index in [0.717, 1.165) is 21.0 Å². The van der Waals surface area contributed by atoms with Gasteiger partial charge in [-0.25, -0.2) is 9.36 Å². The number of benzene rings is 2. The number of para-hydroxylation sites is 2. The average molecular weight is 406 g/mol. The van der Waals surface area contributed by atoms with Crippen LogP contribution in [0.4, 0.5) is 0 Å². The molecule has 2 aromatic carbocycles. The summed E-state index contributed by atoms with van der Waals surface area (Å²) >= 11 is 0. The highest BCUT2D eigenvalue weighted by Crippen LogP contribution is 2.22. The predicted octanol–water partition coefficient (Wildman–Crippen LogP) is 1.45. The Morgan fingerprint density at radius 3 is 2.50 bits per heavy atom. The van der Waals surface area contributed by atoms with Crippen molar-refractivity contribution in [2.75, 3.05) is 13.2 Å². The van der Waals surface area contributed by atoms with Crippen molar-refractivity contribution in [1.29, 1.82) is 0 Å². The van der Waals surface area contributed by atoms with Crippen LogP contribution in [0, 0.1) is 0 Å². The first kappa shape index (κ1) is 19.7. The quantitative estimate of drug-likeness (QED) is 0.347. The highest BCUT2D eigenvalue weighted by Gasteiger charge is 2.26. The standard InChI is InChI=1S/C22H22N4O4/c27-11-5-10-23-20(28)19(12-14-13-24-17-8-3-1-6-15(14)17)26-21(29)16-7-2-4-9-18(16)25-22(26)30/h1-4,6-9,13,19,24,27H,5,10-12H2,(H,23,28)(H,25,30). The molecule has 0 aliphatic heterocycles. The molecule has 0 aliphatic rings. The zero-order valence-corrected chi connectivity index (χ0v) is 16.2. The number of aliphatic hydroxyl groups excluding tert-OH is 1. The van der Waals surface area contributed by atoms with Crippen molar-refractivity contribution < 1.29 is 9.90 Å². The van der Waals surface area contributed by atoms with Crippen LogP contribution in [0.15, 0.2) is 64.3 Å². The zero-order valence-electron chi connectivity index (χ0n) is 16.2. The number of aliphatic hydroxyl groups is 1. The molecule has 2 heterocycles. The SMILES string of the molecule is O=C(NCCCO)C(Cc1c[nH]c2ccccc12)n1c(=O)[nH]c2ccccc2c1=O. The molecule has 30 heavy (non-hydrogen) atoms. The molecular formula is C22H22N4O4. The number of nitrogens with zero attached hydrogens (tertiary/aromatic N) is 1. The number of carbonyl (C=O) groups excluding carboxylic acids is 1. The second-order valence-corrected chi connectivity index (χ2v) is 7.10. The van der Waals surface area contributed by atoms with Gasteiger partial charge in [0.05, 0.1) is 10.9 Å². The van der Waals surface area contributed by atoms with E-state index in [4.69, 9.17) is 5.11 Å². The normalized spacial score (nSPS) is 12.3. The molecule has 0 bridgehead atoms. The van der Waals surface area contributed by atoms with Crippen molar-refractivity contribution in [3.05, 3.63) is 81.1 Å². The van der Waals surface area contributed by atoms with Crippen LogP contribution in [0.3, 0.4) is 0 Å². The maximum Gasteiger partial charge on any atom is 0.329 e. The largest absolute Gasteiger partial charge is 0.396 e. The van der Waals surface area contributed by atoms with Crippen molar-refractivity contribution in [2.24, 2.45) is 0 Å². The van der Waals surface area contributed by atoms with Gasteiger partial charge < -0.3 is 20.4 Å². The molecule has 0 saturated heterocycles. The summed E-state index contributed by atoms with van der Waals surface area (Å²) in [5.74, 6) is -0.448. The lowest BCUT2D eigenvalue weighted by atomic mass is 10.0. The minimum absolute atomic E-state index is 0.0656. The third kappa shape index (κ3) is 3.65. The van der Waals surface area contributed by atoms with Gasteiger partial charge >= 0.3 is 5.69 Å². The Morgan fingerprint density at radius 1 is 1.03 bits per heavy atom. The lowest BCUT2D eigenvalue weighted by Gasteiger charge is -2.19. The summed E-state index contributed by atoms with van der Waals surface area (Å²) in [6.45, 7) is 0.184. The summed E-state index contributed by atoms with van der Waals surface area (Å²) in [4.78, 5) is 44.8. The second-order valence-electron chi connectivity index (χ2n) is 7.10. The number of carbonyl (C=O) groups is 1. The summed E-state index contributed by atoms with van der Waals surface area (Å²) < 4.78 is 0.985. The molecule has 0 fully saturated rings. The highest BCUT2D eigenvalue weighted by atomic mass is 16.3. The summed E-state index contributed by atoms with van der Waals surface area (Å²) in [7, 11) is 0. The topological polar surface area (TPSA) is 120 Å². The summed E-state index contributed by atoms with van der Waals surface area (Å²) in [5.41, 5.74) is 1.01. The lowest BCUT2D eigenvalue weighted by Crippen LogP contribution is -2.45. The van der Waals surface area contributed by atoms with Crippen molar-refractivity contribution >= 4 is 27.7 Å². The van der Waals surface area contributed by atoms with Gasteiger partial charge in [0.1, 0.15) is 6.04 Å². The van der Waals surface area contributed by atoms with Crippen LogP contribution in [0.1, 0.15) is 18.0 Å². The van der Waals surface area contributed by atoms with E-state index in [-0.39, 0.29) is 19.6 Å². The van der Waals surface area contributed by atoms with Crippen LogP contribution in [-0.4, -0.2) is 38.7 Å². The molecule has 4 aromatic rings. The molecule has 1 atom stereocenters. The third-order valence-electron chi connectivity index (χ3n) is 5.17. The van der Waals surface area contributed by atoms with E-state index in [2.05, 4.69) is 15.3 Å². The van der Waals surface area contributed by atoms with Gasteiger partial charge in [-0.3, -0.25) is 9.59 Å². The van der Waals surface area contributed by atoms with Gasteiger partial charge in [-0.2, -0.15) is 0 Å². The fraction of sp³-hybridized carbons (Fsp3) is 0.227. The average Bonchev–Trinajstić information content (AvgIpc) is 3.16. The molecule has 8 heteroatoms. The fourth-order valence-electron chi connectivity index (χ4n) is 3.68. The monoisotopic (exact) mass is 406 g/mol. The van der Waals surface area contributed by atoms with E-state index in [1.165, 1.54) is 0 Å². The Bertz CT molecular complexity index is 1320. The van der Waals surface area contributed by atoms with Crippen molar-refractivity contribution in [3.63, 3.8) is 0 Å². The van der Waals surface area contributed by atoms with Crippen LogP contribution in [-0.2, 0) is 11.2 Å². The first-order chi connectivity index (χ1) is 14.6. The Balaban J connectivity index is 1.81. The van der Waals surface area contributed by atoms with Crippen LogP contribution < -0.4 is 16.6 Å². The van der Waals surface area contributed by atoms with Crippen LogP contribution in [0.2, 0.25) is 0 Å². The molecule has 4 N–H and O–H groups in total. The highest BCUT2D eigenvalue weighted by molar-refractivity contribution is 5.86. The first-order valence-electron chi connectivity index (χ1n) is 9.77. The van der Waals surface area contributed by atoms with Gasteiger partial charge in [0.2, 0.25) is 5.91 Å². The number of nitrogens with one attached hydrogen (secondary N) is 3. The van der Waals surface area contributed by atoms with Gasteiger partial charge in [0.25, 0.3) is 5.56 Å². The predicted molar refractivity (Wildman–Crippen MR) is 115 cm³/mol. The number of H-pyrrole nitrogens is 2. The third-order valence-corrected chi connectivity index (χ3v) is 5.17. The maximum atomic E-state index is 13.1. The molecule has 0 spiro atoms. The van der Waals surface area contributed by atoms with Gasteiger partial charge in [0, 0.05) is 36.7 Å². The van der Waals surface area contributed by atoms with E-state index < -0.39 is 23.2 Å². The summed E-state index contributed by atoms with van der Waals surface area (Å²) in [6.07, 6.45) is 2.34.